The van der Waals surface area contributed by atoms with Gasteiger partial charge in [0, 0.05) is 39.1 Å². The van der Waals surface area contributed by atoms with Crippen LogP contribution in [0.15, 0.2) is 212 Å². The van der Waals surface area contributed by atoms with Gasteiger partial charge in [0.15, 0.2) is 5.82 Å². The molecule has 0 saturated carbocycles. The minimum Gasteiger partial charge on any atom is -0.354 e. The molecule has 0 radical (unpaired) electrons. The molecule has 0 spiro atoms. The molecule has 0 unspecified atom stereocenters. The van der Waals surface area contributed by atoms with Crippen LogP contribution in [0.25, 0.3) is 78.4 Å². The van der Waals surface area contributed by atoms with Crippen molar-refractivity contribution in [3.8, 4) is 78.4 Å². The number of aromatic nitrogens is 2. The summed E-state index contributed by atoms with van der Waals surface area (Å²) in [5, 5.41) is 4.07. The maximum absolute atomic E-state index is 5.26. The topological polar surface area (TPSA) is 37.8 Å². The third kappa shape index (κ3) is 7.14. The van der Waals surface area contributed by atoms with Gasteiger partial charge in [-0.05, 0) is 70.6 Å². The first-order valence-corrected chi connectivity index (χ1v) is 19.0. The van der Waals surface area contributed by atoms with Gasteiger partial charge in [0.2, 0.25) is 0 Å². The van der Waals surface area contributed by atoms with Crippen molar-refractivity contribution in [2.75, 3.05) is 5.32 Å². The molecule has 8 aromatic carbocycles. The number of hydrogen-bond acceptors (Lipinski definition) is 3. The summed E-state index contributed by atoms with van der Waals surface area (Å²) in [6, 6.07) is 74.5. The van der Waals surface area contributed by atoms with E-state index in [1.165, 1.54) is 11.1 Å². The van der Waals surface area contributed by atoms with E-state index in [2.05, 4.69) is 200 Å². The van der Waals surface area contributed by atoms with Crippen molar-refractivity contribution in [2.24, 2.45) is 0 Å². The number of anilines is 2. The lowest BCUT2D eigenvalue weighted by molar-refractivity contribution is 1.18. The van der Waals surface area contributed by atoms with E-state index >= 15 is 0 Å². The van der Waals surface area contributed by atoms with Gasteiger partial charge in [0.1, 0.15) is 0 Å². The summed E-state index contributed by atoms with van der Waals surface area (Å²) in [5.74, 6) is 0.688. The standard InChI is InChI=1S/C53H39N3/c1-37-32-44(38-20-8-2-9-21-38)33-46(39-22-10-3-11-23-39)51(37)56-52-47(40-24-12-4-13-25-40)34-45(35-48(52)41-26-14-5-15-27-41)50-36-49(42-28-16-6-17-29-42)54-53(55-50)43-30-18-7-19-31-43/h2-36,56H,1H3. The van der Waals surface area contributed by atoms with Crippen molar-refractivity contribution in [3.05, 3.63) is 218 Å². The predicted octanol–water partition coefficient (Wildman–Crippen LogP) is 14.2. The number of hydrogen-bond donors (Lipinski definition) is 1. The highest BCUT2D eigenvalue weighted by Crippen LogP contribution is 2.45. The van der Waals surface area contributed by atoms with Crippen LogP contribution in [0.4, 0.5) is 11.4 Å². The number of nitrogens with one attached hydrogen (secondary N) is 1. The first kappa shape index (κ1) is 34.4. The molecule has 0 aliphatic heterocycles. The Hall–Kier alpha value is -7.36. The number of nitrogens with zero attached hydrogens (tertiary/aromatic N) is 2. The molecule has 0 atom stereocenters. The van der Waals surface area contributed by atoms with Crippen LogP contribution in [0.2, 0.25) is 0 Å². The molecular weight excluding hydrogens is 679 g/mol. The molecule has 3 nitrogen and oxygen atoms in total. The highest BCUT2D eigenvalue weighted by atomic mass is 14.9. The van der Waals surface area contributed by atoms with Crippen LogP contribution in [0.5, 0.6) is 0 Å². The summed E-state index contributed by atoms with van der Waals surface area (Å²) < 4.78 is 0. The van der Waals surface area contributed by atoms with E-state index in [9.17, 15) is 0 Å². The predicted molar refractivity (Wildman–Crippen MR) is 235 cm³/mol. The molecule has 9 aromatic rings. The molecule has 0 aliphatic carbocycles. The van der Waals surface area contributed by atoms with Crippen molar-refractivity contribution < 1.29 is 0 Å². The van der Waals surface area contributed by atoms with E-state index in [-0.39, 0.29) is 0 Å². The van der Waals surface area contributed by atoms with E-state index < -0.39 is 0 Å². The van der Waals surface area contributed by atoms with Crippen LogP contribution in [0.3, 0.4) is 0 Å². The van der Waals surface area contributed by atoms with Crippen LogP contribution >= 0.6 is 0 Å². The van der Waals surface area contributed by atoms with Gasteiger partial charge in [-0.2, -0.15) is 0 Å². The SMILES string of the molecule is Cc1cc(-c2ccccc2)cc(-c2ccccc2)c1Nc1c(-c2ccccc2)cc(-c2cc(-c3ccccc3)nc(-c3ccccc3)n2)cc1-c1ccccc1. The first-order chi connectivity index (χ1) is 27.7. The molecule has 0 saturated heterocycles. The zero-order chi connectivity index (χ0) is 37.7. The molecule has 9 rings (SSSR count). The minimum atomic E-state index is 0.688. The maximum Gasteiger partial charge on any atom is 0.160 e. The average Bonchev–Trinajstić information content (AvgIpc) is 3.28. The third-order valence-electron chi connectivity index (χ3n) is 10.2. The van der Waals surface area contributed by atoms with Gasteiger partial charge < -0.3 is 5.32 Å². The Bertz CT molecular complexity index is 2610. The highest BCUT2D eigenvalue weighted by molar-refractivity contribution is 5.99. The summed E-state index contributed by atoms with van der Waals surface area (Å²) in [7, 11) is 0. The normalized spacial score (nSPS) is 10.9. The third-order valence-corrected chi connectivity index (χ3v) is 10.2. The summed E-state index contributed by atoms with van der Waals surface area (Å²) in [5.41, 5.74) is 17.0. The molecule has 0 aliphatic rings. The van der Waals surface area contributed by atoms with E-state index in [0.29, 0.717) is 5.82 Å². The van der Waals surface area contributed by atoms with Crippen LogP contribution in [-0.2, 0) is 0 Å². The van der Waals surface area contributed by atoms with Gasteiger partial charge in [0.05, 0.1) is 17.1 Å². The Morgan fingerprint density at radius 2 is 0.661 bits per heavy atom. The van der Waals surface area contributed by atoms with E-state index in [1.54, 1.807) is 0 Å². The molecule has 1 heterocycles. The molecule has 266 valence electrons. The lowest BCUT2D eigenvalue weighted by Gasteiger charge is -2.23. The van der Waals surface area contributed by atoms with Crippen LogP contribution in [-0.4, -0.2) is 9.97 Å². The van der Waals surface area contributed by atoms with Crippen molar-refractivity contribution in [1.82, 2.24) is 9.97 Å². The molecule has 0 amide bonds. The maximum atomic E-state index is 5.26. The van der Waals surface area contributed by atoms with Crippen molar-refractivity contribution >= 4 is 11.4 Å². The zero-order valence-electron chi connectivity index (χ0n) is 31.1. The second kappa shape index (κ2) is 15.5. The number of rotatable bonds is 9. The molecule has 1 aromatic heterocycles. The van der Waals surface area contributed by atoms with Gasteiger partial charge >= 0.3 is 0 Å². The fourth-order valence-electron chi connectivity index (χ4n) is 7.40. The largest absolute Gasteiger partial charge is 0.354 e. The number of aryl methyl sites for hydroxylation is 1. The highest BCUT2D eigenvalue weighted by Gasteiger charge is 2.21. The molecule has 0 bridgehead atoms. The van der Waals surface area contributed by atoms with Gasteiger partial charge in [-0.3, -0.25) is 0 Å². The van der Waals surface area contributed by atoms with E-state index in [0.717, 1.165) is 78.4 Å². The summed E-state index contributed by atoms with van der Waals surface area (Å²) in [4.78, 5) is 10.3. The monoisotopic (exact) mass is 717 g/mol. The molecule has 3 heteroatoms. The quantitative estimate of drug-likeness (QED) is 0.162. The van der Waals surface area contributed by atoms with Gasteiger partial charge in [-0.15, -0.1) is 0 Å². The molecule has 0 fully saturated rings. The van der Waals surface area contributed by atoms with Crippen LogP contribution < -0.4 is 5.32 Å². The van der Waals surface area contributed by atoms with E-state index in [1.807, 2.05) is 24.3 Å². The smallest absolute Gasteiger partial charge is 0.160 e. The molecular formula is C53H39N3. The van der Waals surface area contributed by atoms with Gasteiger partial charge in [0.25, 0.3) is 0 Å². The number of benzene rings is 8. The molecule has 56 heavy (non-hydrogen) atoms. The molecule has 1 N–H and O–H groups in total. The Balaban J connectivity index is 1.30. The van der Waals surface area contributed by atoms with Crippen LogP contribution in [0, 0.1) is 6.92 Å². The Morgan fingerprint density at radius 3 is 1.12 bits per heavy atom. The minimum absolute atomic E-state index is 0.688. The average molecular weight is 718 g/mol. The summed E-state index contributed by atoms with van der Waals surface area (Å²) >= 11 is 0. The fraction of sp³-hybridized carbons (Fsp3) is 0.0189. The van der Waals surface area contributed by atoms with Gasteiger partial charge in [-0.1, -0.05) is 182 Å². The van der Waals surface area contributed by atoms with Gasteiger partial charge in [-0.25, -0.2) is 9.97 Å². The summed E-state index contributed by atoms with van der Waals surface area (Å²) in [6.45, 7) is 2.21. The van der Waals surface area contributed by atoms with E-state index in [4.69, 9.17) is 9.97 Å². The van der Waals surface area contributed by atoms with Crippen molar-refractivity contribution in [3.63, 3.8) is 0 Å². The Morgan fingerprint density at radius 1 is 0.304 bits per heavy atom. The van der Waals surface area contributed by atoms with Crippen molar-refractivity contribution in [2.45, 2.75) is 6.92 Å². The summed E-state index contributed by atoms with van der Waals surface area (Å²) in [6.07, 6.45) is 0. The Kier molecular flexibility index (Phi) is 9.55. The zero-order valence-corrected chi connectivity index (χ0v) is 31.1. The van der Waals surface area contributed by atoms with Crippen molar-refractivity contribution in [1.29, 1.82) is 0 Å². The lowest BCUT2D eigenvalue weighted by Crippen LogP contribution is -2.03. The first-order valence-electron chi connectivity index (χ1n) is 19.0. The Labute approximate surface area is 328 Å². The van der Waals surface area contributed by atoms with Crippen LogP contribution in [0.1, 0.15) is 5.56 Å². The fourth-order valence-corrected chi connectivity index (χ4v) is 7.40. The second-order valence-corrected chi connectivity index (χ2v) is 13.9. The lowest BCUT2D eigenvalue weighted by atomic mass is 9.90. The second-order valence-electron chi connectivity index (χ2n) is 13.9.